The fourth-order valence-corrected chi connectivity index (χ4v) is 3.25. The Labute approximate surface area is 169 Å². The van der Waals surface area contributed by atoms with Crippen LogP contribution in [0.5, 0.6) is 5.75 Å². The van der Waals surface area contributed by atoms with Crippen molar-refractivity contribution in [2.24, 2.45) is 0 Å². The lowest BCUT2D eigenvalue weighted by Gasteiger charge is -2.12. The molecule has 0 radical (unpaired) electrons. The summed E-state index contributed by atoms with van der Waals surface area (Å²) in [6.45, 7) is 4.62. The van der Waals surface area contributed by atoms with Crippen molar-refractivity contribution in [2.75, 3.05) is 17.7 Å². The third-order valence-electron chi connectivity index (χ3n) is 4.17. The maximum atomic E-state index is 6.08. The van der Waals surface area contributed by atoms with Gasteiger partial charge in [0.25, 0.3) is 0 Å². The van der Waals surface area contributed by atoms with E-state index in [4.69, 9.17) is 28.6 Å². The third kappa shape index (κ3) is 4.78. The number of rotatable bonds is 5. The van der Waals surface area contributed by atoms with Gasteiger partial charge in [0.15, 0.2) is 5.11 Å². The molecule has 5 nitrogen and oxygen atoms in total. The minimum atomic E-state index is 0.497. The van der Waals surface area contributed by atoms with Gasteiger partial charge in [0, 0.05) is 16.8 Å². The molecule has 7 heteroatoms. The van der Waals surface area contributed by atoms with Crippen molar-refractivity contribution in [3.05, 3.63) is 70.5 Å². The van der Waals surface area contributed by atoms with Crippen LogP contribution in [0.1, 0.15) is 17.0 Å². The fourth-order valence-electron chi connectivity index (χ4n) is 2.82. The molecule has 2 aromatic carbocycles. The van der Waals surface area contributed by atoms with Crippen molar-refractivity contribution in [1.82, 2.24) is 9.78 Å². The molecule has 0 bridgehead atoms. The summed E-state index contributed by atoms with van der Waals surface area (Å²) >= 11 is 11.5. The van der Waals surface area contributed by atoms with Crippen molar-refractivity contribution >= 4 is 40.3 Å². The molecule has 0 aliphatic rings. The molecule has 0 aliphatic heterocycles. The van der Waals surface area contributed by atoms with E-state index in [1.165, 1.54) is 0 Å². The molecule has 0 saturated carbocycles. The van der Waals surface area contributed by atoms with Crippen molar-refractivity contribution < 1.29 is 4.74 Å². The Morgan fingerprint density at radius 3 is 2.67 bits per heavy atom. The Bertz CT molecular complexity index is 970. The van der Waals surface area contributed by atoms with Crippen LogP contribution < -0.4 is 15.4 Å². The second-order valence-electron chi connectivity index (χ2n) is 6.14. The summed E-state index contributed by atoms with van der Waals surface area (Å²) in [7, 11) is 1.64. The molecular formula is C20H21ClN4OS. The van der Waals surface area contributed by atoms with E-state index in [1.54, 1.807) is 7.11 Å². The van der Waals surface area contributed by atoms with Crippen LogP contribution in [-0.2, 0) is 6.54 Å². The molecule has 1 heterocycles. The number of hydrogen-bond acceptors (Lipinski definition) is 3. The molecule has 0 saturated heterocycles. The number of halogens is 1. The Balaban J connectivity index is 1.73. The molecule has 3 rings (SSSR count). The summed E-state index contributed by atoms with van der Waals surface area (Å²) in [4.78, 5) is 0. The Morgan fingerprint density at radius 2 is 1.93 bits per heavy atom. The number of hydrogen-bond donors (Lipinski definition) is 2. The summed E-state index contributed by atoms with van der Waals surface area (Å²) in [5.74, 6) is 0.768. The first-order valence-electron chi connectivity index (χ1n) is 8.47. The van der Waals surface area contributed by atoms with Crippen molar-refractivity contribution in [3.63, 3.8) is 0 Å². The summed E-state index contributed by atoms with van der Waals surface area (Å²) in [5.41, 5.74) is 4.73. The Kier molecular flexibility index (Phi) is 5.98. The van der Waals surface area contributed by atoms with Gasteiger partial charge in [-0.15, -0.1) is 0 Å². The van der Waals surface area contributed by atoms with E-state index in [-0.39, 0.29) is 0 Å². The van der Waals surface area contributed by atoms with Gasteiger partial charge in [-0.1, -0.05) is 29.8 Å². The second kappa shape index (κ2) is 8.41. The lowest BCUT2D eigenvalue weighted by molar-refractivity contribution is 0.415. The minimum absolute atomic E-state index is 0.497. The maximum absolute atomic E-state index is 6.08. The molecule has 0 amide bonds. The van der Waals surface area contributed by atoms with Gasteiger partial charge in [0.2, 0.25) is 0 Å². The number of aromatic nitrogens is 2. The van der Waals surface area contributed by atoms with Crippen molar-refractivity contribution in [2.45, 2.75) is 20.4 Å². The minimum Gasteiger partial charge on any atom is -0.497 e. The van der Waals surface area contributed by atoms with Crippen LogP contribution >= 0.6 is 23.8 Å². The molecule has 0 spiro atoms. The highest BCUT2D eigenvalue weighted by Crippen LogP contribution is 2.22. The zero-order chi connectivity index (χ0) is 19.4. The normalized spacial score (nSPS) is 10.5. The molecule has 0 atom stereocenters. The second-order valence-corrected chi connectivity index (χ2v) is 6.99. The van der Waals surface area contributed by atoms with Crippen LogP contribution in [-0.4, -0.2) is 22.0 Å². The highest BCUT2D eigenvalue weighted by Gasteiger charge is 2.13. The highest BCUT2D eigenvalue weighted by molar-refractivity contribution is 7.80. The number of ether oxygens (including phenoxy) is 1. The van der Waals surface area contributed by atoms with E-state index >= 15 is 0 Å². The third-order valence-corrected chi connectivity index (χ3v) is 4.61. The number of methoxy groups -OCH3 is 1. The molecule has 1 aromatic heterocycles. The maximum Gasteiger partial charge on any atom is 0.175 e. The SMILES string of the molecule is COc1cccc(NC(=S)Nc2c(C)nn(Cc3cccc(Cl)c3)c2C)c1. The van der Waals surface area contributed by atoms with Gasteiger partial charge in [0.05, 0.1) is 30.7 Å². The fraction of sp³-hybridized carbons (Fsp3) is 0.200. The molecule has 27 heavy (non-hydrogen) atoms. The Hall–Kier alpha value is -2.57. The van der Waals surface area contributed by atoms with Crippen LogP contribution in [0.15, 0.2) is 48.5 Å². The smallest absolute Gasteiger partial charge is 0.175 e. The van der Waals surface area contributed by atoms with Gasteiger partial charge in [-0.25, -0.2) is 0 Å². The first-order valence-corrected chi connectivity index (χ1v) is 9.25. The molecule has 0 aliphatic carbocycles. The molecule has 0 fully saturated rings. The first kappa shape index (κ1) is 19.2. The predicted molar refractivity (Wildman–Crippen MR) is 115 cm³/mol. The van der Waals surface area contributed by atoms with Crippen LogP contribution in [0.4, 0.5) is 11.4 Å². The Morgan fingerprint density at radius 1 is 1.15 bits per heavy atom. The average molecular weight is 401 g/mol. The summed E-state index contributed by atoms with van der Waals surface area (Å²) in [6.07, 6.45) is 0. The predicted octanol–water partition coefficient (Wildman–Crippen LogP) is 5.02. The van der Waals surface area contributed by atoms with Gasteiger partial charge in [0.1, 0.15) is 5.75 Å². The van der Waals surface area contributed by atoms with E-state index < -0.39 is 0 Å². The lowest BCUT2D eigenvalue weighted by atomic mass is 10.2. The molecule has 140 valence electrons. The summed E-state index contributed by atoms with van der Waals surface area (Å²) < 4.78 is 7.18. The van der Waals surface area contributed by atoms with Crippen LogP contribution in [0.2, 0.25) is 5.02 Å². The van der Waals surface area contributed by atoms with E-state index in [2.05, 4.69) is 15.7 Å². The summed E-state index contributed by atoms with van der Waals surface area (Å²) in [6, 6.07) is 15.4. The number of nitrogens with zero attached hydrogens (tertiary/aromatic N) is 2. The lowest BCUT2D eigenvalue weighted by Crippen LogP contribution is -2.20. The standard InChI is InChI=1S/C20H21ClN4OS/c1-13-19(23-20(27)22-17-8-5-9-18(11-17)26-3)14(2)25(24-13)12-15-6-4-7-16(21)10-15/h4-11H,12H2,1-3H3,(H2,22,23,27). The van der Waals surface area contributed by atoms with Crippen molar-refractivity contribution in [1.29, 1.82) is 0 Å². The number of thiocarbonyl (C=S) groups is 1. The van der Waals surface area contributed by atoms with E-state index in [0.717, 1.165) is 39.1 Å². The van der Waals surface area contributed by atoms with Gasteiger partial charge in [-0.2, -0.15) is 5.10 Å². The monoisotopic (exact) mass is 400 g/mol. The molecule has 2 N–H and O–H groups in total. The number of nitrogens with one attached hydrogen (secondary N) is 2. The molecular weight excluding hydrogens is 380 g/mol. The zero-order valence-electron chi connectivity index (χ0n) is 15.4. The van der Waals surface area contributed by atoms with Crippen molar-refractivity contribution in [3.8, 4) is 5.75 Å². The van der Waals surface area contributed by atoms with Crippen LogP contribution in [0.3, 0.4) is 0 Å². The van der Waals surface area contributed by atoms with Crippen LogP contribution in [0.25, 0.3) is 0 Å². The van der Waals surface area contributed by atoms with E-state index in [1.807, 2.05) is 67.1 Å². The quantitative estimate of drug-likeness (QED) is 0.589. The number of benzene rings is 2. The molecule has 3 aromatic rings. The number of aryl methyl sites for hydroxylation is 1. The van der Waals surface area contributed by atoms with Gasteiger partial charge in [-0.3, -0.25) is 4.68 Å². The number of anilines is 2. The molecule has 0 unspecified atom stereocenters. The van der Waals surface area contributed by atoms with Gasteiger partial charge >= 0.3 is 0 Å². The largest absolute Gasteiger partial charge is 0.497 e. The topological polar surface area (TPSA) is 51.1 Å². The van der Waals surface area contributed by atoms with Gasteiger partial charge < -0.3 is 15.4 Å². The zero-order valence-corrected chi connectivity index (χ0v) is 17.0. The average Bonchev–Trinajstić information content (AvgIpc) is 2.89. The van der Waals surface area contributed by atoms with E-state index in [9.17, 15) is 0 Å². The van der Waals surface area contributed by atoms with Crippen LogP contribution in [0, 0.1) is 13.8 Å². The van der Waals surface area contributed by atoms with Gasteiger partial charge in [-0.05, 0) is 55.9 Å². The highest BCUT2D eigenvalue weighted by atomic mass is 35.5. The van der Waals surface area contributed by atoms with E-state index in [0.29, 0.717) is 11.7 Å². The summed E-state index contributed by atoms with van der Waals surface area (Å²) in [5, 5.41) is 12.3. The first-order chi connectivity index (χ1) is 13.0.